The van der Waals surface area contributed by atoms with Crippen LogP contribution in [0.15, 0.2) is 42.5 Å². The number of amides is 2. The van der Waals surface area contributed by atoms with Crippen molar-refractivity contribution < 1.29 is 23.8 Å². The highest BCUT2D eigenvalue weighted by molar-refractivity contribution is 5.90. The van der Waals surface area contributed by atoms with Crippen LogP contribution in [0, 0.1) is 0 Å². The lowest BCUT2D eigenvalue weighted by Crippen LogP contribution is -2.47. The number of aromatic nitrogens is 3. The van der Waals surface area contributed by atoms with Crippen molar-refractivity contribution in [1.82, 2.24) is 25.2 Å². The molecule has 1 aliphatic rings. The summed E-state index contributed by atoms with van der Waals surface area (Å²) in [7, 11) is 3.12. The molecule has 0 unspecified atom stereocenters. The summed E-state index contributed by atoms with van der Waals surface area (Å²) in [5.41, 5.74) is 2.05. The summed E-state index contributed by atoms with van der Waals surface area (Å²) in [6, 6.07) is 12.0. The van der Waals surface area contributed by atoms with E-state index in [9.17, 15) is 9.59 Å². The van der Waals surface area contributed by atoms with Crippen LogP contribution in [0.2, 0.25) is 0 Å². The molecule has 0 bridgehead atoms. The molecule has 204 valence electrons. The molecule has 1 fully saturated rings. The summed E-state index contributed by atoms with van der Waals surface area (Å²) in [5, 5.41) is 11.6. The summed E-state index contributed by atoms with van der Waals surface area (Å²) in [5.74, 6) is 0.601. The zero-order chi connectivity index (χ0) is 26.9. The van der Waals surface area contributed by atoms with Crippen LogP contribution in [-0.2, 0) is 20.9 Å². The molecule has 1 saturated carbocycles. The Bertz CT molecular complexity index is 1220. The minimum absolute atomic E-state index is 0.0547. The van der Waals surface area contributed by atoms with E-state index in [2.05, 4.69) is 15.6 Å². The van der Waals surface area contributed by atoms with Gasteiger partial charge in [-0.3, -0.25) is 9.59 Å². The molecule has 2 aromatic carbocycles. The van der Waals surface area contributed by atoms with E-state index in [0.717, 1.165) is 31.2 Å². The third kappa shape index (κ3) is 6.42. The van der Waals surface area contributed by atoms with E-state index in [-0.39, 0.29) is 24.4 Å². The monoisotopic (exact) mass is 523 g/mol. The molecule has 4 rings (SSSR count). The molecule has 38 heavy (non-hydrogen) atoms. The van der Waals surface area contributed by atoms with Crippen LogP contribution in [0.3, 0.4) is 0 Å². The number of nitrogens with one attached hydrogen (secondary N) is 1. The molecule has 1 aromatic heterocycles. The van der Waals surface area contributed by atoms with Gasteiger partial charge in [0.15, 0.2) is 0 Å². The predicted octanol–water partition coefficient (Wildman–Crippen LogP) is 3.50. The molecular weight excluding hydrogens is 486 g/mol. The summed E-state index contributed by atoms with van der Waals surface area (Å²) >= 11 is 0. The third-order valence-electron chi connectivity index (χ3n) is 6.91. The van der Waals surface area contributed by atoms with Crippen LogP contribution < -0.4 is 14.8 Å². The van der Waals surface area contributed by atoms with Gasteiger partial charge < -0.3 is 24.4 Å². The number of benzene rings is 2. The van der Waals surface area contributed by atoms with Crippen molar-refractivity contribution >= 4 is 22.8 Å². The van der Waals surface area contributed by atoms with Gasteiger partial charge in [-0.2, -0.15) is 0 Å². The maximum atomic E-state index is 13.9. The molecule has 0 aliphatic heterocycles. The molecule has 10 nitrogen and oxygen atoms in total. The van der Waals surface area contributed by atoms with Crippen molar-refractivity contribution in [1.29, 1.82) is 0 Å². The van der Waals surface area contributed by atoms with Gasteiger partial charge >= 0.3 is 0 Å². The number of fused-ring (bicyclic) bond motifs is 1. The Kier molecular flexibility index (Phi) is 9.53. The lowest BCUT2D eigenvalue weighted by molar-refractivity contribution is -0.142. The molecule has 1 N–H and O–H groups in total. The van der Waals surface area contributed by atoms with Gasteiger partial charge in [0, 0.05) is 37.4 Å². The minimum Gasteiger partial charge on any atom is -0.497 e. The average molecular weight is 524 g/mol. The Morgan fingerprint density at radius 1 is 1.13 bits per heavy atom. The van der Waals surface area contributed by atoms with Crippen molar-refractivity contribution in [2.24, 2.45) is 0 Å². The predicted molar refractivity (Wildman–Crippen MR) is 143 cm³/mol. The first-order valence-electron chi connectivity index (χ1n) is 13.2. The topological polar surface area (TPSA) is 108 Å². The Balaban J connectivity index is 1.71. The van der Waals surface area contributed by atoms with E-state index in [0.29, 0.717) is 48.8 Å². The van der Waals surface area contributed by atoms with Gasteiger partial charge in [-0.25, -0.2) is 4.68 Å². The van der Waals surface area contributed by atoms with E-state index in [1.165, 1.54) is 0 Å². The van der Waals surface area contributed by atoms with Crippen LogP contribution >= 0.6 is 0 Å². The summed E-state index contributed by atoms with van der Waals surface area (Å²) in [6.07, 6.45) is 4.60. The van der Waals surface area contributed by atoms with E-state index in [4.69, 9.17) is 14.2 Å². The second-order valence-electron chi connectivity index (χ2n) is 9.37. The number of carbonyl (C=O) groups is 2. The molecule has 0 radical (unpaired) electrons. The smallest absolute Gasteiger partial charge is 0.247 e. The molecule has 10 heteroatoms. The molecule has 2 amide bonds. The maximum Gasteiger partial charge on any atom is 0.247 e. The highest BCUT2D eigenvalue weighted by atomic mass is 16.5. The van der Waals surface area contributed by atoms with Crippen LogP contribution in [-0.4, -0.2) is 71.7 Å². The van der Waals surface area contributed by atoms with Gasteiger partial charge in [-0.1, -0.05) is 30.2 Å². The highest BCUT2D eigenvalue weighted by Crippen LogP contribution is 2.34. The Morgan fingerprint density at radius 3 is 2.66 bits per heavy atom. The zero-order valence-corrected chi connectivity index (χ0v) is 22.4. The zero-order valence-electron chi connectivity index (χ0n) is 22.4. The fourth-order valence-corrected chi connectivity index (χ4v) is 4.98. The first kappa shape index (κ1) is 27.4. The number of rotatable bonds is 13. The second-order valence-corrected chi connectivity index (χ2v) is 9.37. The van der Waals surface area contributed by atoms with E-state index >= 15 is 0 Å². The Labute approximate surface area is 223 Å². The van der Waals surface area contributed by atoms with Crippen LogP contribution in [0.1, 0.15) is 50.6 Å². The fourth-order valence-electron chi connectivity index (χ4n) is 4.98. The van der Waals surface area contributed by atoms with E-state index in [1.54, 1.807) is 42.0 Å². The molecule has 1 atom stereocenters. The van der Waals surface area contributed by atoms with Crippen LogP contribution in [0.4, 0.5) is 0 Å². The van der Waals surface area contributed by atoms with Gasteiger partial charge in [0.05, 0.1) is 19.7 Å². The first-order valence-corrected chi connectivity index (χ1v) is 13.2. The number of hydrogen-bond acceptors (Lipinski definition) is 7. The van der Waals surface area contributed by atoms with Gasteiger partial charge in [0.25, 0.3) is 0 Å². The standard InChI is InChI=1S/C28H37N5O5/c1-4-38-17-9-16-32(26(34)19-33-24-13-8-7-12-23(24)30-31-33)27(28(35)29-20-10-5-6-11-20)22-15-14-21(36-2)18-25(22)37-3/h7-8,12-15,18,20,27H,4-6,9-11,16-17,19H2,1-3H3,(H,29,35)/t27-/m1/s1. The van der Waals surface area contributed by atoms with Gasteiger partial charge in [0.2, 0.25) is 11.8 Å². The quantitative estimate of drug-likeness (QED) is 0.342. The molecule has 1 aliphatic carbocycles. The summed E-state index contributed by atoms with van der Waals surface area (Å²) < 4.78 is 18.2. The number of nitrogens with zero attached hydrogens (tertiary/aromatic N) is 4. The van der Waals surface area contributed by atoms with E-state index < -0.39 is 6.04 Å². The Morgan fingerprint density at radius 2 is 1.92 bits per heavy atom. The van der Waals surface area contributed by atoms with Crippen molar-refractivity contribution in [2.75, 3.05) is 34.0 Å². The van der Waals surface area contributed by atoms with Crippen molar-refractivity contribution in [2.45, 2.75) is 57.7 Å². The number of methoxy groups -OCH3 is 2. The molecular formula is C28H37N5O5. The van der Waals surface area contributed by atoms with Gasteiger partial charge in [-0.05, 0) is 50.5 Å². The van der Waals surface area contributed by atoms with E-state index in [1.807, 2.05) is 31.2 Å². The second kappa shape index (κ2) is 13.2. The Hall–Kier alpha value is -3.66. The minimum atomic E-state index is -0.902. The molecule has 0 saturated heterocycles. The van der Waals surface area contributed by atoms with Crippen molar-refractivity contribution in [3.8, 4) is 11.5 Å². The number of ether oxygens (including phenoxy) is 3. The summed E-state index contributed by atoms with van der Waals surface area (Å²) in [6.45, 7) is 3.25. The largest absolute Gasteiger partial charge is 0.497 e. The number of carbonyl (C=O) groups excluding carboxylic acids is 2. The van der Waals surface area contributed by atoms with Gasteiger partial charge in [-0.15, -0.1) is 5.10 Å². The van der Waals surface area contributed by atoms with Crippen LogP contribution in [0.25, 0.3) is 11.0 Å². The molecule has 0 spiro atoms. The SMILES string of the molecule is CCOCCCN(C(=O)Cn1nnc2ccccc21)[C@@H](C(=O)NC1CCCC1)c1ccc(OC)cc1OC. The highest BCUT2D eigenvalue weighted by Gasteiger charge is 2.35. The lowest BCUT2D eigenvalue weighted by atomic mass is 10.0. The summed E-state index contributed by atoms with van der Waals surface area (Å²) in [4.78, 5) is 29.5. The maximum absolute atomic E-state index is 13.9. The average Bonchev–Trinajstić information content (AvgIpc) is 3.60. The van der Waals surface area contributed by atoms with Crippen LogP contribution in [0.5, 0.6) is 11.5 Å². The number of para-hydroxylation sites is 1. The normalized spacial score (nSPS) is 14.4. The van der Waals surface area contributed by atoms with Crippen molar-refractivity contribution in [3.05, 3.63) is 48.0 Å². The fraction of sp³-hybridized carbons (Fsp3) is 0.500. The third-order valence-corrected chi connectivity index (χ3v) is 6.91. The van der Waals surface area contributed by atoms with Crippen molar-refractivity contribution in [3.63, 3.8) is 0 Å². The molecule has 3 aromatic rings. The van der Waals surface area contributed by atoms with Gasteiger partial charge in [0.1, 0.15) is 29.6 Å². The lowest BCUT2D eigenvalue weighted by Gasteiger charge is -2.33. The number of hydrogen-bond donors (Lipinski definition) is 1. The first-order chi connectivity index (χ1) is 18.5. The molecule has 1 heterocycles.